The van der Waals surface area contributed by atoms with Crippen LogP contribution >= 0.6 is 0 Å². The minimum Gasteiger partial charge on any atom is -0.308 e. The van der Waals surface area contributed by atoms with E-state index in [9.17, 15) is 57.9 Å². The van der Waals surface area contributed by atoms with Gasteiger partial charge in [0.25, 0.3) is 0 Å². The SMILES string of the molecule is N#Cc1c(-n2c3ccc(C(F)(F)F)cc3c3cc(C(F)(F)F)ccc32)cc(-c2ccncc2)cc1-n1c2ccc(C(F)(F)F)cc2c2cc(C(F)(F)F)ccc21. The van der Waals surface area contributed by atoms with Gasteiger partial charge in [-0.05, 0) is 108 Å². The highest BCUT2D eigenvalue weighted by molar-refractivity contribution is 6.12. The molecule has 0 radical (unpaired) electrons. The molecule has 0 aliphatic rings. The molecule has 0 amide bonds. The van der Waals surface area contributed by atoms with Crippen molar-refractivity contribution in [2.45, 2.75) is 24.7 Å². The first kappa shape index (κ1) is 36.5. The summed E-state index contributed by atoms with van der Waals surface area (Å²) < 4.78 is 170. The van der Waals surface area contributed by atoms with Crippen molar-refractivity contribution in [3.8, 4) is 28.6 Å². The average molecular weight is 783 g/mol. The summed E-state index contributed by atoms with van der Waals surface area (Å²) in [6.07, 6.45) is -16.7. The normalized spacial score (nSPS) is 13.0. The lowest BCUT2D eigenvalue weighted by molar-refractivity contribution is -0.138. The van der Waals surface area contributed by atoms with Gasteiger partial charge in [-0.1, -0.05) is 0 Å². The molecule has 56 heavy (non-hydrogen) atoms. The van der Waals surface area contributed by atoms with E-state index in [2.05, 4.69) is 4.98 Å². The van der Waals surface area contributed by atoms with Crippen molar-refractivity contribution in [1.82, 2.24) is 14.1 Å². The molecule has 0 atom stereocenters. The Kier molecular flexibility index (Phi) is 7.98. The van der Waals surface area contributed by atoms with Crippen LogP contribution in [0.25, 0.3) is 66.1 Å². The van der Waals surface area contributed by atoms with Crippen LogP contribution in [0.5, 0.6) is 0 Å². The first-order valence-corrected chi connectivity index (χ1v) is 16.2. The van der Waals surface area contributed by atoms with E-state index in [0.717, 1.165) is 48.5 Å². The minimum absolute atomic E-state index is 0.0338. The van der Waals surface area contributed by atoms with Crippen molar-refractivity contribution in [3.63, 3.8) is 0 Å². The number of hydrogen-bond acceptors (Lipinski definition) is 2. The number of benzene rings is 5. The maximum atomic E-state index is 14.0. The zero-order chi connectivity index (χ0) is 40.1. The number of alkyl halides is 12. The fourth-order valence-electron chi connectivity index (χ4n) is 7.06. The molecule has 282 valence electrons. The number of rotatable bonds is 3. The van der Waals surface area contributed by atoms with E-state index in [1.165, 1.54) is 33.7 Å². The molecular weight excluding hydrogens is 764 g/mol. The molecule has 0 fully saturated rings. The summed E-state index contributed by atoms with van der Waals surface area (Å²) in [4.78, 5) is 3.99. The lowest BCUT2D eigenvalue weighted by atomic mass is 10.0. The van der Waals surface area contributed by atoms with Gasteiger partial charge < -0.3 is 9.13 Å². The van der Waals surface area contributed by atoms with E-state index >= 15 is 0 Å². The van der Waals surface area contributed by atoms with Crippen LogP contribution in [0.4, 0.5) is 52.7 Å². The Morgan fingerprint density at radius 1 is 0.411 bits per heavy atom. The zero-order valence-corrected chi connectivity index (χ0v) is 27.7. The highest BCUT2D eigenvalue weighted by Crippen LogP contribution is 2.44. The minimum atomic E-state index is -4.88. The van der Waals surface area contributed by atoms with Crippen LogP contribution in [0.3, 0.4) is 0 Å². The molecule has 3 heterocycles. The molecule has 0 bridgehead atoms. The number of hydrogen-bond donors (Lipinski definition) is 0. The molecule has 8 rings (SSSR count). The van der Waals surface area contributed by atoms with Crippen LogP contribution in [0, 0.1) is 11.3 Å². The van der Waals surface area contributed by atoms with E-state index in [1.54, 1.807) is 12.1 Å². The van der Waals surface area contributed by atoms with E-state index in [0.29, 0.717) is 35.4 Å². The largest absolute Gasteiger partial charge is 0.416 e. The average Bonchev–Trinajstić information content (AvgIpc) is 3.64. The van der Waals surface area contributed by atoms with Gasteiger partial charge in [-0.3, -0.25) is 4.98 Å². The van der Waals surface area contributed by atoms with Gasteiger partial charge in [-0.25, -0.2) is 0 Å². The van der Waals surface area contributed by atoms with Gasteiger partial charge in [0.05, 0.1) is 55.7 Å². The lowest BCUT2D eigenvalue weighted by Crippen LogP contribution is -2.07. The van der Waals surface area contributed by atoms with E-state index < -0.39 is 47.0 Å². The van der Waals surface area contributed by atoms with Gasteiger partial charge in [0.2, 0.25) is 0 Å². The summed E-state index contributed by atoms with van der Waals surface area (Å²) >= 11 is 0. The molecule has 4 nitrogen and oxygen atoms in total. The van der Waals surface area contributed by atoms with Gasteiger partial charge in [-0.15, -0.1) is 0 Å². The van der Waals surface area contributed by atoms with Crippen molar-refractivity contribution in [1.29, 1.82) is 5.26 Å². The first-order valence-electron chi connectivity index (χ1n) is 16.2. The second kappa shape index (κ2) is 12.3. The van der Waals surface area contributed by atoms with E-state index in [4.69, 9.17) is 0 Å². The maximum Gasteiger partial charge on any atom is 0.416 e. The molecule has 0 spiro atoms. The monoisotopic (exact) mass is 782 g/mol. The van der Waals surface area contributed by atoms with Crippen LogP contribution < -0.4 is 0 Å². The molecule has 5 aromatic carbocycles. The molecule has 3 aromatic heterocycles. The second-order valence-corrected chi connectivity index (χ2v) is 12.8. The third-order valence-corrected chi connectivity index (χ3v) is 9.54. The predicted molar refractivity (Wildman–Crippen MR) is 183 cm³/mol. The Morgan fingerprint density at radius 3 is 0.982 bits per heavy atom. The van der Waals surface area contributed by atoms with Crippen molar-refractivity contribution >= 4 is 43.6 Å². The van der Waals surface area contributed by atoms with Gasteiger partial charge in [0, 0.05) is 33.9 Å². The van der Waals surface area contributed by atoms with Gasteiger partial charge in [0.15, 0.2) is 0 Å². The molecular formula is C40H18F12N4. The number of nitriles is 1. The second-order valence-electron chi connectivity index (χ2n) is 12.8. The third-order valence-electron chi connectivity index (χ3n) is 9.54. The van der Waals surface area contributed by atoms with Gasteiger partial charge in [0.1, 0.15) is 11.6 Å². The summed E-state index contributed by atoms with van der Waals surface area (Å²) in [7, 11) is 0. The highest BCUT2D eigenvalue weighted by atomic mass is 19.4. The molecule has 0 saturated heterocycles. The van der Waals surface area contributed by atoms with Crippen LogP contribution in [-0.4, -0.2) is 14.1 Å². The number of nitrogens with zero attached hydrogens (tertiary/aromatic N) is 4. The molecule has 8 aromatic rings. The molecule has 0 N–H and O–H groups in total. The standard InChI is InChI=1S/C40H18F12N4/c41-37(42,43)22-1-5-31-26(15-22)27-16-23(38(44,45)46)2-6-32(27)55(31)35-13-21(20-9-11-54-12-10-20)14-36(30(35)19-53)56-33-7-3-24(39(47,48)49)17-28(33)29-18-25(40(50,51)52)4-8-34(29)56/h1-18H. The molecule has 16 heteroatoms. The molecule has 0 unspecified atom stereocenters. The molecule has 0 aliphatic heterocycles. The van der Waals surface area contributed by atoms with Gasteiger partial charge >= 0.3 is 24.7 Å². The Labute approximate surface area is 306 Å². The smallest absolute Gasteiger partial charge is 0.308 e. The van der Waals surface area contributed by atoms with Crippen LogP contribution in [0.1, 0.15) is 27.8 Å². The number of pyridine rings is 1. The Balaban J connectivity index is 1.54. The van der Waals surface area contributed by atoms with Crippen molar-refractivity contribution < 1.29 is 52.7 Å². The molecule has 0 saturated carbocycles. The zero-order valence-electron chi connectivity index (χ0n) is 27.7. The summed E-state index contributed by atoms with van der Waals surface area (Å²) in [5.74, 6) is 0. The van der Waals surface area contributed by atoms with Crippen LogP contribution in [0.15, 0.2) is 109 Å². The van der Waals surface area contributed by atoms with Crippen LogP contribution in [-0.2, 0) is 24.7 Å². The maximum absolute atomic E-state index is 14.0. The summed E-state index contributed by atoms with van der Waals surface area (Å²) in [6, 6.07) is 17.9. The first-order chi connectivity index (χ1) is 26.3. The van der Waals surface area contributed by atoms with Gasteiger partial charge in [-0.2, -0.15) is 57.9 Å². The quantitative estimate of drug-likeness (QED) is 0.168. The van der Waals surface area contributed by atoms with E-state index in [-0.39, 0.29) is 60.5 Å². The van der Waals surface area contributed by atoms with Crippen molar-refractivity contribution in [3.05, 3.63) is 137 Å². The fourth-order valence-corrected chi connectivity index (χ4v) is 7.06. The van der Waals surface area contributed by atoms with Crippen molar-refractivity contribution in [2.24, 2.45) is 0 Å². The predicted octanol–water partition coefficient (Wildman–Crippen LogP) is 12.9. The third kappa shape index (κ3) is 5.94. The Hall–Kier alpha value is -6.50. The fraction of sp³-hybridized carbons (Fsp3) is 0.100. The highest BCUT2D eigenvalue weighted by Gasteiger charge is 2.36. The van der Waals surface area contributed by atoms with E-state index in [1.807, 2.05) is 6.07 Å². The van der Waals surface area contributed by atoms with Crippen LogP contribution in [0.2, 0.25) is 0 Å². The topological polar surface area (TPSA) is 46.5 Å². The Morgan fingerprint density at radius 2 is 0.714 bits per heavy atom. The van der Waals surface area contributed by atoms with Crippen molar-refractivity contribution in [2.75, 3.05) is 0 Å². The Bertz CT molecular complexity index is 2610. The number of aromatic nitrogens is 3. The number of fused-ring (bicyclic) bond motifs is 6. The summed E-state index contributed by atoms with van der Waals surface area (Å²) in [5, 5.41) is 9.91. The summed E-state index contributed by atoms with van der Waals surface area (Å²) in [5.41, 5.74) is -4.40. The lowest BCUT2D eigenvalue weighted by Gasteiger charge is -2.19. The molecule has 0 aliphatic carbocycles. The number of halogens is 12. The summed E-state index contributed by atoms with van der Waals surface area (Å²) in [6.45, 7) is 0.